The van der Waals surface area contributed by atoms with Gasteiger partial charge in [0, 0.05) is 6.04 Å². The maximum Gasteiger partial charge on any atom is 0.341 e. The highest BCUT2D eigenvalue weighted by molar-refractivity contribution is 7.91. The summed E-state index contributed by atoms with van der Waals surface area (Å²) in [5, 5.41) is 0. The van der Waals surface area contributed by atoms with Crippen molar-refractivity contribution < 1.29 is 21.9 Å². The van der Waals surface area contributed by atoms with Crippen LogP contribution in [0.1, 0.15) is 12.8 Å². The molecule has 1 saturated carbocycles. The first-order valence-electron chi connectivity index (χ1n) is 5.44. The molecule has 1 fully saturated rings. The maximum absolute atomic E-state index is 12.5. The van der Waals surface area contributed by atoms with E-state index in [-0.39, 0.29) is 17.9 Å². The van der Waals surface area contributed by atoms with E-state index in [2.05, 4.69) is 0 Å². The first-order valence-corrected chi connectivity index (χ1v) is 6.99. The molecule has 1 aromatic carbocycles. The fourth-order valence-electron chi connectivity index (χ4n) is 1.76. The van der Waals surface area contributed by atoms with Gasteiger partial charge in [0.2, 0.25) is 9.84 Å². The van der Waals surface area contributed by atoms with E-state index in [9.17, 15) is 17.2 Å². The quantitative estimate of drug-likeness (QED) is 0.906. The first kappa shape index (κ1) is 13.2. The van der Waals surface area contributed by atoms with Crippen molar-refractivity contribution >= 4 is 9.84 Å². The molecular weight excluding hydrogens is 264 g/mol. The third-order valence-electron chi connectivity index (χ3n) is 2.82. The van der Waals surface area contributed by atoms with Crippen molar-refractivity contribution in [1.82, 2.24) is 0 Å². The maximum atomic E-state index is 12.5. The minimum Gasteiger partial charge on any atom is -0.489 e. The summed E-state index contributed by atoms with van der Waals surface area (Å²) in [6.07, 6.45) is 1.00. The van der Waals surface area contributed by atoms with Crippen molar-refractivity contribution in [3.63, 3.8) is 0 Å². The molecule has 2 N–H and O–H groups in total. The van der Waals surface area contributed by atoms with Crippen LogP contribution in [0.3, 0.4) is 0 Å². The predicted octanol–water partition coefficient (Wildman–Crippen LogP) is 1.55. The Kier molecular flexibility index (Phi) is 3.54. The van der Waals surface area contributed by atoms with Gasteiger partial charge in [0.25, 0.3) is 0 Å². The van der Waals surface area contributed by atoms with Crippen LogP contribution in [0.25, 0.3) is 0 Å². The molecule has 0 saturated heterocycles. The Morgan fingerprint density at radius 1 is 1.28 bits per heavy atom. The van der Waals surface area contributed by atoms with Gasteiger partial charge in [-0.3, -0.25) is 0 Å². The average Bonchev–Trinajstić information content (AvgIpc) is 2.27. The molecular formula is C11H13F2NO3S. The van der Waals surface area contributed by atoms with E-state index >= 15 is 0 Å². The van der Waals surface area contributed by atoms with Crippen LogP contribution in [-0.2, 0) is 9.84 Å². The minimum atomic E-state index is -4.64. The molecule has 0 atom stereocenters. The summed E-state index contributed by atoms with van der Waals surface area (Å²) in [6.45, 7) is 0. The van der Waals surface area contributed by atoms with Crippen molar-refractivity contribution in [2.75, 3.05) is 0 Å². The van der Waals surface area contributed by atoms with Crippen LogP contribution in [0.15, 0.2) is 29.2 Å². The molecule has 0 aliphatic heterocycles. The van der Waals surface area contributed by atoms with Crippen molar-refractivity contribution in [2.45, 2.75) is 35.6 Å². The smallest absolute Gasteiger partial charge is 0.341 e. The molecule has 0 bridgehead atoms. The zero-order valence-corrected chi connectivity index (χ0v) is 10.2. The third kappa shape index (κ3) is 2.46. The summed E-state index contributed by atoms with van der Waals surface area (Å²) in [6, 6.07) is 5.45. The van der Waals surface area contributed by atoms with Crippen molar-refractivity contribution in [2.24, 2.45) is 5.73 Å². The fourth-order valence-corrected chi connectivity index (χ4v) is 2.62. The van der Waals surface area contributed by atoms with Crippen LogP contribution in [-0.4, -0.2) is 26.3 Å². The van der Waals surface area contributed by atoms with Crippen molar-refractivity contribution in [3.8, 4) is 5.75 Å². The van der Waals surface area contributed by atoms with E-state index in [0.717, 1.165) is 6.07 Å². The lowest BCUT2D eigenvalue weighted by molar-refractivity contribution is 0.0974. The van der Waals surface area contributed by atoms with E-state index in [1.54, 1.807) is 6.07 Å². The Balaban J connectivity index is 2.26. The highest BCUT2D eigenvalue weighted by Gasteiger charge is 2.33. The normalized spacial score (nSPS) is 23.8. The van der Waals surface area contributed by atoms with E-state index in [4.69, 9.17) is 10.5 Å². The molecule has 1 aliphatic carbocycles. The molecule has 7 heteroatoms. The van der Waals surface area contributed by atoms with Crippen LogP contribution >= 0.6 is 0 Å². The zero-order valence-electron chi connectivity index (χ0n) is 9.42. The molecule has 1 aliphatic rings. The van der Waals surface area contributed by atoms with E-state index in [1.807, 2.05) is 0 Å². The molecule has 1 aromatic rings. The zero-order chi connectivity index (χ0) is 13.3. The Hall–Kier alpha value is -1.21. The molecule has 0 unspecified atom stereocenters. The van der Waals surface area contributed by atoms with Gasteiger partial charge in [-0.25, -0.2) is 8.42 Å². The molecule has 100 valence electrons. The molecule has 4 nitrogen and oxygen atoms in total. The fraction of sp³-hybridized carbons (Fsp3) is 0.455. The first-order chi connectivity index (χ1) is 8.41. The highest BCUT2D eigenvalue weighted by Crippen LogP contribution is 2.31. The van der Waals surface area contributed by atoms with E-state index in [0.29, 0.717) is 12.8 Å². The highest BCUT2D eigenvalue weighted by atomic mass is 32.2. The number of benzene rings is 1. The second-order valence-electron chi connectivity index (χ2n) is 4.22. The second-order valence-corrected chi connectivity index (χ2v) is 6.11. The number of ether oxygens (including phenoxy) is 1. The summed E-state index contributed by atoms with van der Waals surface area (Å²) < 4.78 is 53.3. The molecule has 2 rings (SSSR count). The van der Waals surface area contributed by atoms with Gasteiger partial charge in [-0.15, -0.1) is 0 Å². The van der Waals surface area contributed by atoms with Gasteiger partial charge in [-0.2, -0.15) is 8.78 Å². The molecule has 0 aromatic heterocycles. The molecule has 18 heavy (non-hydrogen) atoms. The van der Waals surface area contributed by atoms with Gasteiger partial charge in [0.1, 0.15) is 16.7 Å². The Morgan fingerprint density at radius 3 is 2.44 bits per heavy atom. The SMILES string of the molecule is NC1CC(Oc2ccccc2S(=O)(=O)C(F)F)C1. The van der Waals surface area contributed by atoms with Gasteiger partial charge < -0.3 is 10.5 Å². The summed E-state index contributed by atoms with van der Waals surface area (Å²) in [4.78, 5) is -0.472. The number of alkyl halides is 2. The van der Waals surface area contributed by atoms with Crippen molar-refractivity contribution in [1.29, 1.82) is 0 Å². The van der Waals surface area contributed by atoms with Gasteiger partial charge >= 0.3 is 5.76 Å². The topological polar surface area (TPSA) is 69.4 Å². The number of halogens is 2. The number of para-hydroxylation sites is 1. The molecule has 0 spiro atoms. The molecule has 0 heterocycles. The summed E-state index contributed by atoms with van der Waals surface area (Å²) in [7, 11) is -4.64. The average molecular weight is 277 g/mol. The Morgan fingerprint density at radius 2 is 1.89 bits per heavy atom. The van der Waals surface area contributed by atoms with Crippen LogP contribution < -0.4 is 10.5 Å². The Labute approximate surface area is 104 Å². The van der Waals surface area contributed by atoms with Gasteiger partial charge in [-0.1, -0.05) is 12.1 Å². The summed E-state index contributed by atoms with van der Waals surface area (Å²) in [5.41, 5.74) is 5.58. The largest absolute Gasteiger partial charge is 0.489 e. The number of nitrogens with two attached hydrogens (primary N) is 1. The van der Waals surface area contributed by atoms with E-state index < -0.39 is 20.5 Å². The second kappa shape index (κ2) is 4.81. The van der Waals surface area contributed by atoms with Gasteiger partial charge in [-0.05, 0) is 25.0 Å². The van der Waals surface area contributed by atoms with Crippen LogP contribution in [0, 0.1) is 0 Å². The third-order valence-corrected chi connectivity index (χ3v) is 4.23. The van der Waals surface area contributed by atoms with Crippen LogP contribution in [0.4, 0.5) is 8.78 Å². The number of hydrogen-bond acceptors (Lipinski definition) is 4. The molecule has 0 radical (unpaired) electrons. The lowest BCUT2D eigenvalue weighted by atomic mass is 9.90. The lowest BCUT2D eigenvalue weighted by Crippen LogP contribution is -2.43. The molecule has 0 amide bonds. The summed E-state index contributed by atoms with van der Waals surface area (Å²) in [5.74, 6) is -3.49. The number of hydrogen-bond donors (Lipinski definition) is 1. The van der Waals surface area contributed by atoms with Crippen molar-refractivity contribution in [3.05, 3.63) is 24.3 Å². The van der Waals surface area contributed by atoms with E-state index in [1.165, 1.54) is 12.1 Å². The monoisotopic (exact) mass is 277 g/mol. The number of sulfone groups is 1. The predicted molar refractivity (Wildman–Crippen MR) is 61.3 cm³/mol. The minimum absolute atomic E-state index is 0.0327. The van der Waals surface area contributed by atoms with Gasteiger partial charge in [0.15, 0.2) is 0 Å². The lowest BCUT2D eigenvalue weighted by Gasteiger charge is -2.33. The van der Waals surface area contributed by atoms with Crippen LogP contribution in [0.5, 0.6) is 5.75 Å². The Bertz CT molecular complexity index is 527. The standard InChI is InChI=1S/C11H13F2NO3S/c12-11(13)18(15,16)10-4-2-1-3-9(10)17-8-5-7(14)6-8/h1-4,7-8,11H,5-6,14H2. The van der Waals surface area contributed by atoms with Gasteiger partial charge in [0.05, 0.1) is 0 Å². The number of rotatable bonds is 4. The van der Waals surface area contributed by atoms with Crippen LogP contribution in [0.2, 0.25) is 0 Å². The summed E-state index contributed by atoms with van der Waals surface area (Å²) >= 11 is 0.